The van der Waals surface area contributed by atoms with E-state index in [-0.39, 0.29) is 18.0 Å². The van der Waals surface area contributed by atoms with Gasteiger partial charge in [-0.05, 0) is 36.4 Å². The van der Waals surface area contributed by atoms with E-state index < -0.39 is 11.6 Å². The van der Waals surface area contributed by atoms with Gasteiger partial charge in [0.15, 0.2) is 0 Å². The number of nitrogens with two attached hydrogens (primary N) is 1. The topological polar surface area (TPSA) is 38.0 Å². The zero-order valence-corrected chi connectivity index (χ0v) is 11.9. The van der Waals surface area contributed by atoms with Crippen molar-refractivity contribution in [3.05, 3.63) is 65.2 Å². The predicted octanol–water partition coefficient (Wildman–Crippen LogP) is 3.43. The molecule has 20 heavy (non-hydrogen) atoms. The summed E-state index contributed by atoms with van der Waals surface area (Å²) < 4.78 is 27.5. The summed E-state index contributed by atoms with van der Waals surface area (Å²) in [6.45, 7) is 0. The number of hydrogen-bond acceptors (Lipinski definition) is 3. The lowest BCUT2D eigenvalue weighted by molar-refractivity contribution is 0.496. The van der Waals surface area contributed by atoms with Crippen LogP contribution in [0.5, 0.6) is 0 Å². The van der Waals surface area contributed by atoms with Gasteiger partial charge in [0.2, 0.25) is 0 Å². The molecule has 0 amide bonds. The third-order valence-corrected chi connectivity index (χ3v) is 4.00. The molecule has 3 N–H and O–H groups in total. The normalized spacial score (nSPS) is 12.4. The molecule has 2 aromatic rings. The predicted molar refractivity (Wildman–Crippen MR) is 78.3 cm³/mol. The van der Waals surface area contributed by atoms with E-state index >= 15 is 0 Å². The van der Waals surface area contributed by atoms with Gasteiger partial charge in [-0.1, -0.05) is 24.3 Å². The maximum absolute atomic E-state index is 13.7. The summed E-state index contributed by atoms with van der Waals surface area (Å²) in [7, 11) is 0. The van der Waals surface area contributed by atoms with Crippen molar-refractivity contribution in [2.24, 2.45) is 5.84 Å². The van der Waals surface area contributed by atoms with Gasteiger partial charge in [0.1, 0.15) is 11.6 Å². The molecule has 0 aliphatic heterocycles. The number of halogens is 2. The highest BCUT2D eigenvalue weighted by Gasteiger charge is 2.18. The van der Waals surface area contributed by atoms with E-state index in [1.165, 1.54) is 18.2 Å². The molecule has 0 aliphatic rings. The summed E-state index contributed by atoms with van der Waals surface area (Å²) in [6, 6.07) is 11.2. The molecular weight excluding hydrogens is 278 g/mol. The van der Waals surface area contributed by atoms with Crippen LogP contribution in [0.1, 0.15) is 17.2 Å². The fraction of sp³-hybridized carbons (Fsp3) is 0.200. The Morgan fingerprint density at radius 3 is 2.35 bits per heavy atom. The van der Waals surface area contributed by atoms with Crippen molar-refractivity contribution in [1.82, 2.24) is 5.43 Å². The molecule has 0 aliphatic carbocycles. The quantitative estimate of drug-likeness (QED) is 0.504. The van der Waals surface area contributed by atoms with E-state index in [1.807, 2.05) is 30.5 Å². The summed E-state index contributed by atoms with van der Waals surface area (Å²) in [6.07, 6.45) is 2.11. The Morgan fingerprint density at radius 1 is 1.10 bits per heavy atom. The Kier molecular flexibility index (Phi) is 5.11. The van der Waals surface area contributed by atoms with Gasteiger partial charge in [-0.3, -0.25) is 11.3 Å². The molecule has 0 fully saturated rings. The van der Waals surface area contributed by atoms with E-state index in [9.17, 15) is 8.78 Å². The van der Waals surface area contributed by atoms with Gasteiger partial charge in [-0.15, -0.1) is 11.8 Å². The van der Waals surface area contributed by atoms with Crippen molar-refractivity contribution in [2.75, 3.05) is 6.26 Å². The van der Waals surface area contributed by atoms with Crippen LogP contribution in [0.2, 0.25) is 0 Å². The first-order valence-electron chi connectivity index (χ1n) is 6.19. The molecule has 0 radical (unpaired) electrons. The summed E-state index contributed by atoms with van der Waals surface area (Å²) in [4.78, 5) is 1.03. The number of hydrogen-bond donors (Lipinski definition) is 2. The van der Waals surface area contributed by atoms with Gasteiger partial charge in [-0.2, -0.15) is 0 Å². The van der Waals surface area contributed by atoms with E-state index in [2.05, 4.69) is 5.43 Å². The van der Waals surface area contributed by atoms with Crippen LogP contribution >= 0.6 is 11.8 Å². The van der Waals surface area contributed by atoms with Crippen LogP contribution in [0.4, 0.5) is 8.78 Å². The largest absolute Gasteiger partial charge is 0.271 e. The molecule has 0 saturated heterocycles. The van der Waals surface area contributed by atoms with Crippen LogP contribution in [0, 0.1) is 11.6 Å². The summed E-state index contributed by atoms with van der Waals surface area (Å²) >= 11 is 1.58. The molecule has 2 aromatic carbocycles. The third kappa shape index (κ3) is 3.17. The summed E-state index contributed by atoms with van der Waals surface area (Å²) in [5.41, 5.74) is 3.63. The van der Waals surface area contributed by atoms with E-state index in [0.29, 0.717) is 0 Å². The smallest absolute Gasteiger partial charge is 0.129 e. The van der Waals surface area contributed by atoms with Crippen molar-refractivity contribution in [3.63, 3.8) is 0 Å². The zero-order valence-electron chi connectivity index (χ0n) is 11.1. The average molecular weight is 294 g/mol. The highest BCUT2D eigenvalue weighted by atomic mass is 32.2. The number of thioether (sulfide) groups is 1. The first kappa shape index (κ1) is 15.0. The fourth-order valence-corrected chi connectivity index (χ4v) is 2.81. The maximum Gasteiger partial charge on any atom is 0.129 e. The Balaban J connectivity index is 2.34. The van der Waals surface area contributed by atoms with Gasteiger partial charge in [0.25, 0.3) is 0 Å². The van der Waals surface area contributed by atoms with Crippen molar-refractivity contribution >= 4 is 11.8 Å². The fourth-order valence-electron chi connectivity index (χ4n) is 2.14. The highest BCUT2D eigenvalue weighted by Crippen LogP contribution is 2.28. The van der Waals surface area contributed by atoms with Crippen molar-refractivity contribution < 1.29 is 8.78 Å². The van der Waals surface area contributed by atoms with Crippen LogP contribution < -0.4 is 11.3 Å². The highest BCUT2D eigenvalue weighted by molar-refractivity contribution is 7.98. The molecule has 0 aromatic heterocycles. The van der Waals surface area contributed by atoms with Crippen molar-refractivity contribution in [1.29, 1.82) is 0 Å². The summed E-state index contributed by atoms with van der Waals surface area (Å²) in [5, 5.41) is 0. The molecule has 2 nitrogen and oxygen atoms in total. The Bertz CT molecular complexity index is 570. The SMILES string of the molecule is CSc1ccccc1C(Cc1c(F)cccc1F)NN. The molecule has 2 rings (SSSR count). The lowest BCUT2D eigenvalue weighted by atomic mass is 9.98. The molecular formula is C15H16F2N2S. The average Bonchev–Trinajstić information content (AvgIpc) is 2.47. The number of hydrazine groups is 1. The lowest BCUT2D eigenvalue weighted by Crippen LogP contribution is -2.30. The number of nitrogens with one attached hydrogen (secondary N) is 1. The monoisotopic (exact) mass is 294 g/mol. The van der Waals surface area contributed by atoms with Gasteiger partial charge in [-0.25, -0.2) is 8.78 Å². The van der Waals surface area contributed by atoms with Gasteiger partial charge in [0.05, 0.1) is 6.04 Å². The van der Waals surface area contributed by atoms with Crippen LogP contribution in [0.15, 0.2) is 47.4 Å². The standard InChI is InChI=1S/C15H16F2N2S/c1-20-15-8-3-2-5-10(15)14(19-18)9-11-12(16)6-4-7-13(11)17/h2-8,14,19H,9,18H2,1H3. The molecule has 0 spiro atoms. The number of benzene rings is 2. The second kappa shape index (κ2) is 6.83. The lowest BCUT2D eigenvalue weighted by Gasteiger charge is -2.19. The maximum atomic E-state index is 13.7. The van der Waals surface area contributed by atoms with E-state index in [0.717, 1.165) is 10.5 Å². The van der Waals surface area contributed by atoms with E-state index in [4.69, 9.17) is 5.84 Å². The first-order valence-corrected chi connectivity index (χ1v) is 7.41. The minimum absolute atomic E-state index is 0.0476. The Labute approximate surface area is 121 Å². The number of rotatable bonds is 5. The van der Waals surface area contributed by atoms with Crippen LogP contribution in [0.25, 0.3) is 0 Å². The van der Waals surface area contributed by atoms with Crippen LogP contribution in [-0.2, 0) is 6.42 Å². The molecule has 0 heterocycles. The second-order valence-corrected chi connectivity index (χ2v) is 5.21. The van der Waals surface area contributed by atoms with Crippen molar-refractivity contribution in [3.8, 4) is 0 Å². The first-order chi connectivity index (χ1) is 9.67. The van der Waals surface area contributed by atoms with Gasteiger partial charge >= 0.3 is 0 Å². The molecule has 0 bridgehead atoms. The molecule has 5 heteroatoms. The zero-order chi connectivity index (χ0) is 14.5. The molecule has 1 atom stereocenters. The summed E-state index contributed by atoms with van der Waals surface area (Å²) in [5.74, 6) is 4.47. The molecule has 1 unspecified atom stereocenters. The van der Waals surface area contributed by atoms with Crippen molar-refractivity contribution in [2.45, 2.75) is 17.4 Å². The van der Waals surface area contributed by atoms with E-state index in [1.54, 1.807) is 11.8 Å². The minimum atomic E-state index is -0.549. The van der Waals surface area contributed by atoms with Crippen LogP contribution in [0.3, 0.4) is 0 Å². The van der Waals surface area contributed by atoms with Gasteiger partial charge < -0.3 is 0 Å². The molecule has 106 valence electrons. The Morgan fingerprint density at radius 2 is 1.75 bits per heavy atom. The third-order valence-electron chi connectivity index (χ3n) is 3.19. The minimum Gasteiger partial charge on any atom is -0.271 e. The second-order valence-electron chi connectivity index (χ2n) is 4.37. The van der Waals surface area contributed by atoms with Crippen LogP contribution in [-0.4, -0.2) is 6.26 Å². The Hall–Kier alpha value is -1.43. The molecule has 0 saturated carbocycles. The van der Waals surface area contributed by atoms with Gasteiger partial charge in [0, 0.05) is 10.5 Å².